The average molecular weight is 290 g/mol. The first-order valence-corrected chi connectivity index (χ1v) is 7.32. The molecule has 0 amide bonds. The second kappa shape index (κ2) is 4.79. The molecular weight excluding hydrogens is 273 g/mol. The summed E-state index contributed by atoms with van der Waals surface area (Å²) in [6.07, 6.45) is 0. The SMILES string of the molecule is CC1(C)BB(c2cc(Cl)c(C#N)c(Cl)c2)BC1(C)C. The van der Waals surface area contributed by atoms with Crippen LogP contribution >= 0.6 is 23.2 Å². The number of hydrogen-bond donors (Lipinski definition) is 0. The standard InChI is InChI=1S/C13H16B3Cl2N/c1-12(2)13(3,4)15-16(14-12)8-5-10(17)9(7-19)11(18)6-8/h5-6,14-15H,1-4H3. The van der Waals surface area contributed by atoms with Gasteiger partial charge in [-0.15, -0.1) is 0 Å². The third-order valence-electron chi connectivity index (χ3n) is 4.99. The van der Waals surface area contributed by atoms with Crippen molar-refractivity contribution in [2.45, 2.75) is 38.3 Å². The lowest BCUT2D eigenvalue weighted by molar-refractivity contribution is 0.504. The van der Waals surface area contributed by atoms with Gasteiger partial charge in [0.05, 0.1) is 29.9 Å². The van der Waals surface area contributed by atoms with E-state index in [4.69, 9.17) is 28.5 Å². The molecule has 1 aromatic carbocycles. The number of nitrogens with zero attached hydrogens (tertiary/aromatic N) is 1. The third kappa shape index (κ3) is 2.56. The summed E-state index contributed by atoms with van der Waals surface area (Å²) in [4.78, 5) is 0. The summed E-state index contributed by atoms with van der Waals surface area (Å²) in [5, 5.41) is 10.5. The Kier molecular flexibility index (Phi) is 3.76. The van der Waals surface area contributed by atoms with E-state index in [9.17, 15) is 0 Å². The average Bonchev–Trinajstić information content (AvgIpc) is 2.47. The van der Waals surface area contributed by atoms with Crippen molar-refractivity contribution >= 4 is 49.5 Å². The highest BCUT2D eigenvalue weighted by Crippen LogP contribution is 2.54. The van der Waals surface area contributed by atoms with Crippen LogP contribution in [0, 0.1) is 11.3 Å². The summed E-state index contributed by atoms with van der Waals surface area (Å²) in [6.45, 7) is 9.74. The largest absolute Gasteiger partial charge is 0.192 e. The summed E-state index contributed by atoms with van der Waals surface area (Å²) < 4.78 is 0. The zero-order valence-electron chi connectivity index (χ0n) is 11.8. The van der Waals surface area contributed by atoms with Gasteiger partial charge >= 0.3 is 0 Å². The van der Waals surface area contributed by atoms with Crippen LogP contribution in [0.1, 0.15) is 33.3 Å². The fraction of sp³-hybridized carbons (Fsp3) is 0.462. The van der Waals surface area contributed by atoms with Crippen LogP contribution in [0.15, 0.2) is 12.1 Å². The van der Waals surface area contributed by atoms with Crippen LogP contribution < -0.4 is 5.46 Å². The van der Waals surface area contributed by atoms with Gasteiger partial charge in [0.2, 0.25) is 0 Å². The highest BCUT2D eigenvalue weighted by atomic mass is 35.5. The van der Waals surface area contributed by atoms with Gasteiger partial charge in [0.1, 0.15) is 12.6 Å². The number of hydrogen-bond acceptors (Lipinski definition) is 1. The van der Waals surface area contributed by atoms with Crippen LogP contribution in [-0.2, 0) is 0 Å². The van der Waals surface area contributed by atoms with Gasteiger partial charge in [-0.2, -0.15) is 5.26 Å². The smallest absolute Gasteiger partial charge is 0.110 e. The number of nitriles is 1. The Labute approximate surface area is 127 Å². The molecule has 1 aliphatic rings. The first kappa shape index (κ1) is 14.9. The molecule has 0 N–H and O–H groups in total. The van der Waals surface area contributed by atoms with E-state index in [1.165, 1.54) is 0 Å². The zero-order valence-corrected chi connectivity index (χ0v) is 13.4. The van der Waals surface area contributed by atoms with Gasteiger partial charge in [0, 0.05) is 0 Å². The topological polar surface area (TPSA) is 23.8 Å². The molecule has 1 nitrogen and oxygen atoms in total. The van der Waals surface area contributed by atoms with Crippen molar-refractivity contribution in [3.8, 4) is 6.07 Å². The van der Waals surface area contributed by atoms with E-state index in [2.05, 4.69) is 27.7 Å². The summed E-state index contributed by atoms with van der Waals surface area (Å²) >= 11 is 12.3. The summed E-state index contributed by atoms with van der Waals surface area (Å²) in [5.74, 6) is 0. The molecule has 96 valence electrons. The fourth-order valence-electron chi connectivity index (χ4n) is 3.03. The van der Waals surface area contributed by atoms with Crippen molar-refractivity contribution < 1.29 is 0 Å². The first-order chi connectivity index (χ1) is 8.68. The number of benzene rings is 1. The van der Waals surface area contributed by atoms with E-state index in [0.29, 0.717) is 32.7 Å². The molecule has 0 spiro atoms. The molecule has 0 saturated carbocycles. The Balaban J connectivity index is 2.39. The first-order valence-electron chi connectivity index (χ1n) is 6.57. The molecule has 0 unspecified atom stereocenters. The van der Waals surface area contributed by atoms with Crippen LogP contribution in [0.5, 0.6) is 0 Å². The molecule has 0 atom stereocenters. The third-order valence-corrected chi connectivity index (χ3v) is 5.59. The minimum atomic E-state index is 0.296. The Morgan fingerprint density at radius 3 is 1.84 bits per heavy atom. The van der Waals surface area contributed by atoms with Crippen LogP contribution in [-0.4, -0.2) is 20.8 Å². The quantitative estimate of drug-likeness (QED) is 0.729. The van der Waals surface area contributed by atoms with E-state index < -0.39 is 0 Å². The predicted octanol–water partition coefficient (Wildman–Crippen LogP) is 2.84. The molecular formula is C13H16B3Cl2N. The molecule has 1 heterocycles. The molecule has 0 bridgehead atoms. The van der Waals surface area contributed by atoms with Crippen molar-refractivity contribution in [1.29, 1.82) is 5.26 Å². The molecule has 0 aliphatic carbocycles. The monoisotopic (exact) mass is 289 g/mol. The van der Waals surface area contributed by atoms with Crippen LogP contribution in [0.2, 0.25) is 20.7 Å². The van der Waals surface area contributed by atoms with Crippen LogP contribution in [0.3, 0.4) is 0 Å². The normalized spacial score (nSPS) is 19.5. The van der Waals surface area contributed by atoms with Gasteiger partial charge in [-0.1, -0.05) is 67.0 Å². The molecule has 1 fully saturated rings. The maximum Gasteiger partial charge on any atom is 0.110 e. The molecule has 2 rings (SSSR count). The lowest BCUT2D eigenvalue weighted by Gasteiger charge is -2.35. The molecule has 1 aliphatic heterocycles. The van der Waals surface area contributed by atoms with Crippen molar-refractivity contribution in [3.05, 3.63) is 27.7 Å². The van der Waals surface area contributed by atoms with Crippen molar-refractivity contribution in [1.82, 2.24) is 0 Å². The molecule has 0 aromatic heterocycles. The molecule has 0 radical (unpaired) electrons. The van der Waals surface area contributed by atoms with E-state index in [-0.39, 0.29) is 0 Å². The molecule has 1 saturated heterocycles. The summed E-state index contributed by atoms with van der Waals surface area (Å²) in [7, 11) is 2.25. The van der Waals surface area contributed by atoms with E-state index in [1.807, 2.05) is 18.2 Å². The molecule has 19 heavy (non-hydrogen) atoms. The minimum absolute atomic E-state index is 0.296. The Morgan fingerprint density at radius 1 is 1.05 bits per heavy atom. The highest BCUT2D eigenvalue weighted by Gasteiger charge is 2.49. The molecule has 1 aromatic rings. The predicted molar refractivity (Wildman–Crippen MR) is 88.9 cm³/mol. The Hall–Kier alpha value is -0.515. The van der Waals surface area contributed by atoms with Gasteiger partial charge in [-0.3, -0.25) is 0 Å². The maximum atomic E-state index is 9.00. The second-order valence-electron chi connectivity index (χ2n) is 6.84. The highest BCUT2D eigenvalue weighted by molar-refractivity contribution is 7.48. The Bertz CT molecular complexity index is 524. The van der Waals surface area contributed by atoms with E-state index in [1.54, 1.807) is 0 Å². The van der Waals surface area contributed by atoms with Gasteiger partial charge in [0.15, 0.2) is 0 Å². The van der Waals surface area contributed by atoms with Crippen molar-refractivity contribution in [2.24, 2.45) is 0 Å². The van der Waals surface area contributed by atoms with E-state index in [0.717, 1.165) is 19.8 Å². The number of rotatable bonds is 1. The lowest BCUT2D eigenvalue weighted by atomic mass is 9.04. The maximum absolute atomic E-state index is 9.00. The van der Waals surface area contributed by atoms with E-state index >= 15 is 0 Å². The Morgan fingerprint density at radius 2 is 1.47 bits per heavy atom. The van der Waals surface area contributed by atoms with Crippen molar-refractivity contribution in [3.63, 3.8) is 0 Å². The van der Waals surface area contributed by atoms with Gasteiger partial charge in [0.25, 0.3) is 0 Å². The fourth-order valence-corrected chi connectivity index (χ4v) is 3.62. The zero-order chi connectivity index (χ0) is 14.4. The molecule has 6 heteroatoms. The summed E-state index contributed by atoms with van der Waals surface area (Å²) in [5.41, 5.74) is 1.54. The van der Waals surface area contributed by atoms with Crippen molar-refractivity contribution in [2.75, 3.05) is 0 Å². The summed E-state index contributed by atoms with van der Waals surface area (Å²) in [6, 6.07) is 5.87. The van der Waals surface area contributed by atoms with Gasteiger partial charge in [-0.25, -0.2) is 0 Å². The lowest BCUT2D eigenvalue weighted by Crippen LogP contribution is -2.39. The van der Waals surface area contributed by atoms with Crippen LogP contribution in [0.4, 0.5) is 0 Å². The number of halogens is 2. The minimum Gasteiger partial charge on any atom is -0.192 e. The second-order valence-corrected chi connectivity index (χ2v) is 7.66. The van der Waals surface area contributed by atoms with Gasteiger partial charge < -0.3 is 0 Å². The van der Waals surface area contributed by atoms with Crippen LogP contribution in [0.25, 0.3) is 0 Å². The van der Waals surface area contributed by atoms with Gasteiger partial charge in [-0.05, 0) is 12.1 Å².